The fourth-order valence-electron chi connectivity index (χ4n) is 2.31. The summed E-state index contributed by atoms with van der Waals surface area (Å²) in [5, 5.41) is 0. The van der Waals surface area contributed by atoms with Crippen molar-refractivity contribution in [3.05, 3.63) is 0 Å². The first-order valence-electron chi connectivity index (χ1n) is 6.50. The Morgan fingerprint density at radius 2 is 2.22 bits per heavy atom. The van der Waals surface area contributed by atoms with E-state index < -0.39 is 5.54 Å². The molecular weight excluding hydrogens is 232 g/mol. The smallest absolute Gasteiger partial charge is 0.325 e. The molecule has 0 aromatic carbocycles. The van der Waals surface area contributed by atoms with Crippen molar-refractivity contribution in [3.8, 4) is 0 Å². The van der Waals surface area contributed by atoms with E-state index in [1.165, 1.54) is 7.11 Å². The summed E-state index contributed by atoms with van der Waals surface area (Å²) in [5.41, 5.74) is 4.97. The van der Waals surface area contributed by atoms with Gasteiger partial charge in [-0.1, -0.05) is 0 Å². The molecule has 0 aliphatic carbocycles. The van der Waals surface area contributed by atoms with Gasteiger partial charge < -0.3 is 15.2 Å². The largest absolute Gasteiger partial charge is 0.468 e. The number of nitrogens with zero attached hydrogens (tertiary/aromatic N) is 1. The van der Waals surface area contributed by atoms with Crippen molar-refractivity contribution in [1.82, 2.24) is 4.90 Å². The highest BCUT2D eigenvalue weighted by atomic mass is 16.5. The maximum Gasteiger partial charge on any atom is 0.325 e. The second kappa shape index (κ2) is 5.99. The summed E-state index contributed by atoms with van der Waals surface area (Å²) in [6.45, 7) is 9.50. The summed E-state index contributed by atoms with van der Waals surface area (Å²) in [5.74, 6) is -0.343. The van der Waals surface area contributed by atoms with Gasteiger partial charge in [-0.05, 0) is 40.2 Å². The van der Waals surface area contributed by atoms with Gasteiger partial charge in [0.25, 0.3) is 0 Å². The SMILES string of the molecule is COC(=O)C(C)(N)CCCN1CCOC(C)(C)C1. The van der Waals surface area contributed by atoms with E-state index in [4.69, 9.17) is 15.2 Å². The standard InChI is InChI=1S/C13H26N2O3/c1-12(2)10-15(8-9-18-12)7-5-6-13(3,14)11(16)17-4/h5-10,14H2,1-4H3. The molecule has 5 nitrogen and oxygen atoms in total. The molecule has 1 unspecified atom stereocenters. The summed E-state index contributed by atoms with van der Waals surface area (Å²) in [6, 6.07) is 0. The van der Waals surface area contributed by atoms with E-state index in [2.05, 4.69) is 18.7 Å². The minimum Gasteiger partial charge on any atom is -0.468 e. The van der Waals surface area contributed by atoms with Gasteiger partial charge in [-0.2, -0.15) is 0 Å². The number of carbonyl (C=O) groups excluding carboxylic acids is 1. The third kappa shape index (κ3) is 4.55. The van der Waals surface area contributed by atoms with Gasteiger partial charge in [0, 0.05) is 13.1 Å². The van der Waals surface area contributed by atoms with Crippen LogP contribution in [0.1, 0.15) is 33.6 Å². The van der Waals surface area contributed by atoms with Crippen LogP contribution in [0.25, 0.3) is 0 Å². The van der Waals surface area contributed by atoms with Crippen molar-refractivity contribution >= 4 is 5.97 Å². The highest BCUT2D eigenvalue weighted by Gasteiger charge is 2.30. The van der Waals surface area contributed by atoms with Gasteiger partial charge in [-0.3, -0.25) is 9.69 Å². The molecule has 1 aliphatic rings. The van der Waals surface area contributed by atoms with Gasteiger partial charge in [0.1, 0.15) is 5.54 Å². The Balaban J connectivity index is 2.31. The molecule has 1 heterocycles. The monoisotopic (exact) mass is 258 g/mol. The molecule has 0 aromatic rings. The molecule has 0 bridgehead atoms. The number of nitrogens with two attached hydrogens (primary N) is 1. The van der Waals surface area contributed by atoms with Crippen LogP contribution in [-0.4, -0.2) is 55.4 Å². The number of hydrogen-bond donors (Lipinski definition) is 1. The van der Waals surface area contributed by atoms with Crippen LogP contribution < -0.4 is 5.73 Å². The average molecular weight is 258 g/mol. The lowest BCUT2D eigenvalue weighted by Gasteiger charge is -2.38. The second-order valence-electron chi connectivity index (χ2n) is 5.90. The van der Waals surface area contributed by atoms with E-state index in [9.17, 15) is 4.79 Å². The Bertz CT molecular complexity index is 290. The van der Waals surface area contributed by atoms with E-state index in [0.29, 0.717) is 6.42 Å². The molecule has 1 atom stereocenters. The molecule has 1 rings (SSSR count). The molecule has 18 heavy (non-hydrogen) atoms. The Hall–Kier alpha value is -0.650. The first-order chi connectivity index (χ1) is 8.27. The number of morpholine rings is 1. The molecule has 5 heteroatoms. The summed E-state index contributed by atoms with van der Waals surface area (Å²) in [7, 11) is 1.37. The highest BCUT2D eigenvalue weighted by molar-refractivity contribution is 5.79. The lowest BCUT2D eigenvalue weighted by atomic mass is 9.97. The maximum atomic E-state index is 11.4. The van der Waals surface area contributed by atoms with Crippen LogP contribution >= 0.6 is 0 Å². The van der Waals surface area contributed by atoms with Crippen molar-refractivity contribution in [3.63, 3.8) is 0 Å². The molecule has 1 fully saturated rings. The zero-order valence-electron chi connectivity index (χ0n) is 12.0. The van der Waals surface area contributed by atoms with Crippen molar-refractivity contribution in [2.45, 2.75) is 44.8 Å². The van der Waals surface area contributed by atoms with E-state index in [1.54, 1.807) is 6.92 Å². The van der Waals surface area contributed by atoms with Crippen LogP contribution in [-0.2, 0) is 14.3 Å². The lowest BCUT2D eigenvalue weighted by molar-refractivity contribution is -0.146. The maximum absolute atomic E-state index is 11.4. The number of rotatable bonds is 5. The van der Waals surface area contributed by atoms with Crippen molar-refractivity contribution < 1.29 is 14.3 Å². The molecule has 2 N–H and O–H groups in total. The van der Waals surface area contributed by atoms with Crippen LogP contribution in [0.15, 0.2) is 0 Å². The summed E-state index contributed by atoms with van der Waals surface area (Å²) in [4.78, 5) is 13.8. The summed E-state index contributed by atoms with van der Waals surface area (Å²) < 4.78 is 10.4. The topological polar surface area (TPSA) is 64.8 Å². The quantitative estimate of drug-likeness (QED) is 0.738. The van der Waals surface area contributed by atoms with Gasteiger partial charge in [-0.25, -0.2) is 0 Å². The zero-order chi connectivity index (χ0) is 13.8. The van der Waals surface area contributed by atoms with Crippen molar-refractivity contribution in [2.75, 3.05) is 33.4 Å². The number of hydrogen-bond acceptors (Lipinski definition) is 5. The van der Waals surface area contributed by atoms with Gasteiger partial charge in [0.15, 0.2) is 0 Å². The fourth-order valence-corrected chi connectivity index (χ4v) is 2.31. The van der Waals surface area contributed by atoms with Crippen LogP contribution in [0.2, 0.25) is 0 Å². The predicted octanol–water partition coefficient (Wildman–Crippen LogP) is 0.768. The van der Waals surface area contributed by atoms with Gasteiger partial charge in [-0.15, -0.1) is 0 Å². The highest BCUT2D eigenvalue weighted by Crippen LogP contribution is 2.18. The fraction of sp³-hybridized carbons (Fsp3) is 0.923. The van der Waals surface area contributed by atoms with E-state index >= 15 is 0 Å². The zero-order valence-corrected chi connectivity index (χ0v) is 12.0. The number of ether oxygens (including phenoxy) is 2. The Labute approximate surface area is 110 Å². The van der Waals surface area contributed by atoms with Crippen LogP contribution in [0, 0.1) is 0 Å². The minimum absolute atomic E-state index is 0.0768. The minimum atomic E-state index is -0.878. The molecule has 0 amide bonds. The molecule has 106 valence electrons. The first kappa shape index (κ1) is 15.4. The predicted molar refractivity (Wildman–Crippen MR) is 70.3 cm³/mol. The number of carbonyl (C=O) groups is 1. The molecule has 0 saturated carbocycles. The van der Waals surface area contributed by atoms with Crippen LogP contribution in [0.5, 0.6) is 0 Å². The van der Waals surface area contributed by atoms with Crippen molar-refractivity contribution in [1.29, 1.82) is 0 Å². The molecular formula is C13H26N2O3. The number of esters is 1. The van der Waals surface area contributed by atoms with Gasteiger partial charge in [0.05, 0.1) is 19.3 Å². The molecule has 0 spiro atoms. The summed E-state index contributed by atoms with van der Waals surface area (Å²) in [6.07, 6.45) is 1.52. The van der Waals surface area contributed by atoms with E-state index in [-0.39, 0.29) is 11.6 Å². The van der Waals surface area contributed by atoms with Crippen LogP contribution in [0.3, 0.4) is 0 Å². The van der Waals surface area contributed by atoms with Gasteiger partial charge in [0.2, 0.25) is 0 Å². The van der Waals surface area contributed by atoms with Gasteiger partial charge >= 0.3 is 5.97 Å². The third-order valence-corrected chi connectivity index (χ3v) is 3.33. The molecule has 1 aliphatic heterocycles. The average Bonchev–Trinajstić information content (AvgIpc) is 2.26. The normalized spacial score (nSPS) is 23.4. The lowest BCUT2D eigenvalue weighted by Crippen LogP contribution is -2.49. The Kier molecular flexibility index (Phi) is 5.13. The Morgan fingerprint density at radius 3 is 2.78 bits per heavy atom. The molecule has 0 aromatic heterocycles. The van der Waals surface area contributed by atoms with E-state index in [1.807, 2.05) is 0 Å². The second-order valence-corrected chi connectivity index (χ2v) is 5.90. The van der Waals surface area contributed by atoms with E-state index in [0.717, 1.165) is 32.7 Å². The Morgan fingerprint density at radius 1 is 1.56 bits per heavy atom. The molecule has 1 saturated heterocycles. The van der Waals surface area contributed by atoms with Crippen molar-refractivity contribution in [2.24, 2.45) is 5.73 Å². The molecule has 0 radical (unpaired) electrons. The van der Waals surface area contributed by atoms with Crippen LogP contribution in [0.4, 0.5) is 0 Å². The summed E-state index contributed by atoms with van der Waals surface area (Å²) >= 11 is 0. The number of methoxy groups -OCH3 is 1. The third-order valence-electron chi connectivity index (χ3n) is 3.33. The first-order valence-corrected chi connectivity index (χ1v) is 6.50.